The first kappa shape index (κ1) is 17.3. The van der Waals surface area contributed by atoms with E-state index >= 15 is 0 Å². The highest BCUT2D eigenvalue weighted by Gasteiger charge is 2.22. The van der Waals surface area contributed by atoms with Gasteiger partial charge in [0.15, 0.2) is 0 Å². The highest BCUT2D eigenvalue weighted by molar-refractivity contribution is 5.86. The second-order valence-electron chi connectivity index (χ2n) is 7.06. The molecule has 0 aromatic heterocycles. The third-order valence-corrected chi connectivity index (χ3v) is 4.99. The van der Waals surface area contributed by atoms with E-state index in [4.69, 9.17) is 0 Å². The van der Waals surface area contributed by atoms with E-state index in [1.54, 1.807) is 0 Å². The molecule has 0 atom stereocenters. The Morgan fingerprint density at radius 1 is 0.400 bits per heavy atom. The lowest BCUT2D eigenvalue weighted by Crippen LogP contribution is -2.17. The van der Waals surface area contributed by atoms with Crippen LogP contribution in [0.25, 0.3) is 0 Å². The van der Waals surface area contributed by atoms with Crippen molar-refractivity contribution < 1.29 is 0 Å². The summed E-state index contributed by atoms with van der Waals surface area (Å²) in [5.74, 6) is 0. The first-order chi connectivity index (χ1) is 11.9. The SMILES string of the molecule is Cc1cccc(C)c1N(c1c(C)cccc1C)c1c(C)cccc1C. The summed E-state index contributed by atoms with van der Waals surface area (Å²) >= 11 is 0. The molecular formula is C24H27N. The van der Waals surface area contributed by atoms with E-state index in [9.17, 15) is 0 Å². The maximum atomic E-state index is 2.47. The molecule has 3 aromatic rings. The van der Waals surface area contributed by atoms with Crippen LogP contribution in [0.1, 0.15) is 33.4 Å². The van der Waals surface area contributed by atoms with Crippen LogP contribution in [0.5, 0.6) is 0 Å². The zero-order chi connectivity index (χ0) is 18.1. The number of hydrogen-bond donors (Lipinski definition) is 0. The van der Waals surface area contributed by atoms with Crippen molar-refractivity contribution in [3.63, 3.8) is 0 Å². The highest BCUT2D eigenvalue weighted by Crippen LogP contribution is 2.44. The fourth-order valence-electron chi connectivity index (χ4n) is 3.81. The molecule has 0 fully saturated rings. The molecule has 3 rings (SSSR count). The van der Waals surface area contributed by atoms with E-state index in [0.29, 0.717) is 0 Å². The van der Waals surface area contributed by atoms with E-state index in [0.717, 1.165) is 0 Å². The van der Waals surface area contributed by atoms with Gasteiger partial charge >= 0.3 is 0 Å². The predicted molar refractivity (Wildman–Crippen MR) is 110 cm³/mol. The van der Waals surface area contributed by atoms with Crippen LogP contribution in [0.3, 0.4) is 0 Å². The second-order valence-corrected chi connectivity index (χ2v) is 7.06. The lowest BCUT2D eigenvalue weighted by atomic mass is 9.99. The molecule has 0 saturated heterocycles. The minimum absolute atomic E-state index is 1.29. The molecule has 0 amide bonds. The van der Waals surface area contributed by atoms with Crippen molar-refractivity contribution in [2.75, 3.05) is 4.90 Å². The zero-order valence-corrected chi connectivity index (χ0v) is 16.1. The average Bonchev–Trinajstić information content (AvgIpc) is 2.53. The molecule has 0 aliphatic carbocycles. The van der Waals surface area contributed by atoms with Crippen LogP contribution in [0.15, 0.2) is 54.6 Å². The van der Waals surface area contributed by atoms with Crippen LogP contribution >= 0.6 is 0 Å². The Labute approximate surface area is 151 Å². The third kappa shape index (κ3) is 3.07. The summed E-state index contributed by atoms with van der Waals surface area (Å²) in [6, 6.07) is 19.7. The fraction of sp³-hybridized carbons (Fsp3) is 0.250. The van der Waals surface area contributed by atoms with Gasteiger partial charge in [0.05, 0.1) is 17.1 Å². The number of benzene rings is 3. The molecule has 0 spiro atoms. The van der Waals surface area contributed by atoms with Crippen molar-refractivity contribution in [1.82, 2.24) is 0 Å². The van der Waals surface area contributed by atoms with Gasteiger partial charge in [0, 0.05) is 0 Å². The molecule has 25 heavy (non-hydrogen) atoms. The van der Waals surface area contributed by atoms with E-state index in [1.807, 2.05) is 0 Å². The Kier molecular flexibility index (Phi) is 4.67. The molecule has 0 bridgehead atoms. The van der Waals surface area contributed by atoms with E-state index in [2.05, 4.69) is 101 Å². The van der Waals surface area contributed by atoms with Gasteiger partial charge in [-0.2, -0.15) is 0 Å². The molecule has 0 unspecified atom stereocenters. The second kappa shape index (κ2) is 6.76. The number of para-hydroxylation sites is 3. The summed E-state index contributed by atoms with van der Waals surface area (Å²) in [6.07, 6.45) is 0. The number of aryl methyl sites for hydroxylation is 6. The minimum Gasteiger partial charge on any atom is -0.309 e. The first-order valence-electron chi connectivity index (χ1n) is 8.90. The van der Waals surface area contributed by atoms with Gasteiger partial charge in [-0.15, -0.1) is 0 Å². The lowest BCUT2D eigenvalue weighted by molar-refractivity contribution is 1.15. The molecule has 3 aromatic carbocycles. The summed E-state index contributed by atoms with van der Waals surface area (Å²) in [7, 11) is 0. The molecule has 0 N–H and O–H groups in total. The number of nitrogens with zero attached hydrogens (tertiary/aromatic N) is 1. The van der Waals surface area contributed by atoms with Crippen molar-refractivity contribution in [1.29, 1.82) is 0 Å². The molecule has 1 heteroatoms. The van der Waals surface area contributed by atoms with Gasteiger partial charge in [0.2, 0.25) is 0 Å². The van der Waals surface area contributed by atoms with Crippen LogP contribution in [-0.4, -0.2) is 0 Å². The average molecular weight is 329 g/mol. The fourth-order valence-corrected chi connectivity index (χ4v) is 3.81. The Balaban J connectivity index is 2.42. The van der Waals surface area contributed by atoms with Gasteiger partial charge in [0.25, 0.3) is 0 Å². The van der Waals surface area contributed by atoms with Crippen LogP contribution in [-0.2, 0) is 0 Å². The molecule has 0 aliphatic heterocycles. The quantitative estimate of drug-likeness (QED) is 0.499. The standard InChI is InChI=1S/C24H27N/c1-16-10-7-11-17(2)22(16)25(23-18(3)12-8-13-19(23)4)24-20(5)14-9-15-21(24)6/h7-15H,1-6H3. The van der Waals surface area contributed by atoms with Gasteiger partial charge in [-0.25, -0.2) is 0 Å². The van der Waals surface area contributed by atoms with Crippen molar-refractivity contribution in [2.24, 2.45) is 0 Å². The number of anilines is 3. The Bertz CT molecular complexity index is 738. The molecule has 1 nitrogen and oxygen atoms in total. The van der Waals surface area contributed by atoms with E-state index < -0.39 is 0 Å². The van der Waals surface area contributed by atoms with Crippen LogP contribution < -0.4 is 4.90 Å². The Hall–Kier alpha value is -2.54. The van der Waals surface area contributed by atoms with Crippen LogP contribution in [0.2, 0.25) is 0 Å². The Morgan fingerprint density at radius 3 is 0.800 bits per heavy atom. The largest absolute Gasteiger partial charge is 0.309 e. The van der Waals surface area contributed by atoms with Gasteiger partial charge < -0.3 is 4.90 Å². The van der Waals surface area contributed by atoms with Gasteiger partial charge in [-0.05, 0) is 74.9 Å². The monoisotopic (exact) mass is 329 g/mol. The first-order valence-corrected chi connectivity index (χ1v) is 8.90. The van der Waals surface area contributed by atoms with Crippen LogP contribution in [0, 0.1) is 41.5 Å². The zero-order valence-electron chi connectivity index (χ0n) is 16.1. The van der Waals surface area contributed by atoms with Crippen molar-refractivity contribution in [2.45, 2.75) is 41.5 Å². The van der Waals surface area contributed by atoms with Crippen LogP contribution in [0.4, 0.5) is 17.1 Å². The summed E-state index contributed by atoms with van der Waals surface area (Å²) in [5.41, 5.74) is 11.6. The maximum absolute atomic E-state index is 2.47. The van der Waals surface area contributed by atoms with Crippen molar-refractivity contribution >= 4 is 17.1 Å². The highest BCUT2D eigenvalue weighted by atomic mass is 15.2. The van der Waals surface area contributed by atoms with Crippen molar-refractivity contribution in [3.8, 4) is 0 Å². The van der Waals surface area contributed by atoms with Gasteiger partial charge in [-0.3, -0.25) is 0 Å². The topological polar surface area (TPSA) is 3.24 Å². The summed E-state index contributed by atoms with van der Waals surface area (Å²) in [4.78, 5) is 2.47. The Morgan fingerprint density at radius 2 is 0.600 bits per heavy atom. The molecule has 0 saturated carbocycles. The summed E-state index contributed by atoms with van der Waals surface area (Å²) < 4.78 is 0. The van der Waals surface area contributed by atoms with Crippen molar-refractivity contribution in [3.05, 3.63) is 88.0 Å². The van der Waals surface area contributed by atoms with E-state index in [1.165, 1.54) is 50.4 Å². The maximum Gasteiger partial charge on any atom is 0.0520 e. The van der Waals surface area contributed by atoms with E-state index in [-0.39, 0.29) is 0 Å². The summed E-state index contributed by atoms with van der Waals surface area (Å²) in [5, 5.41) is 0. The van der Waals surface area contributed by atoms with Gasteiger partial charge in [-0.1, -0.05) is 54.6 Å². The smallest absolute Gasteiger partial charge is 0.0520 e. The predicted octanol–water partition coefficient (Wildman–Crippen LogP) is 7.01. The summed E-state index contributed by atoms with van der Waals surface area (Å²) in [6.45, 7) is 13.2. The molecular weight excluding hydrogens is 302 g/mol. The third-order valence-electron chi connectivity index (χ3n) is 4.99. The molecule has 0 heterocycles. The molecule has 0 aliphatic rings. The lowest BCUT2D eigenvalue weighted by Gasteiger charge is -2.33. The normalized spacial score (nSPS) is 10.8. The molecule has 128 valence electrons. The molecule has 0 radical (unpaired) electrons. The minimum atomic E-state index is 1.29. The van der Waals surface area contributed by atoms with Gasteiger partial charge in [0.1, 0.15) is 0 Å². The number of rotatable bonds is 3. The number of hydrogen-bond acceptors (Lipinski definition) is 1.